The van der Waals surface area contributed by atoms with E-state index < -0.39 is 0 Å². The first-order chi connectivity index (χ1) is 16.1. The van der Waals surface area contributed by atoms with Crippen molar-refractivity contribution in [3.8, 4) is 11.5 Å². The zero-order valence-electron chi connectivity index (χ0n) is 18.7. The van der Waals surface area contributed by atoms with Crippen LogP contribution in [0.3, 0.4) is 0 Å². The largest absolute Gasteiger partial charge is 0.493 e. The number of nitrogens with zero attached hydrogens (tertiary/aromatic N) is 2. The van der Waals surface area contributed by atoms with E-state index in [1.54, 1.807) is 32.4 Å². The Labute approximate surface area is 198 Å². The lowest BCUT2D eigenvalue weighted by Crippen LogP contribution is -2.25. The van der Waals surface area contributed by atoms with Crippen LogP contribution in [0.4, 0.5) is 0 Å². The topological polar surface area (TPSA) is 65.4 Å². The van der Waals surface area contributed by atoms with E-state index in [2.05, 4.69) is 16.0 Å². The maximum atomic E-state index is 12.6. The summed E-state index contributed by atoms with van der Waals surface area (Å²) in [6.45, 7) is 1.18. The number of aromatic nitrogens is 2. The normalized spacial score (nSPS) is 10.9. The number of halogens is 1. The second-order valence-electron chi connectivity index (χ2n) is 7.62. The molecule has 0 bridgehead atoms. The van der Waals surface area contributed by atoms with Gasteiger partial charge >= 0.3 is 0 Å². The van der Waals surface area contributed by atoms with Crippen molar-refractivity contribution >= 4 is 28.5 Å². The third-order valence-electron chi connectivity index (χ3n) is 5.53. The molecule has 0 spiro atoms. The van der Waals surface area contributed by atoms with E-state index in [1.807, 2.05) is 42.5 Å². The Kier molecular flexibility index (Phi) is 7.15. The smallest absolute Gasteiger partial charge is 0.251 e. The number of nitrogens with one attached hydrogen (secondary N) is 1. The number of rotatable bonds is 9. The van der Waals surface area contributed by atoms with Crippen LogP contribution in [-0.2, 0) is 13.0 Å². The number of amides is 1. The average Bonchev–Trinajstić information content (AvgIpc) is 3.19. The van der Waals surface area contributed by atoms with Gasteiger partial charge in [-0.05, 0) is 48.4 Å². The summed E-state index contributed by atoms with van der Waals surface area (Å²) in [7, 11) is 3.12. The zero-order valence-corrected chi connectivity index (χ0v) is 19.4. The number of carbonyl (C=O) groups is 1. The molecular weight excluding hydrogens is 438 g/mol. The van der Waals surface area contributed by atoms with Gasteiger partial charge in [0.1, 0.15) is 5.82 Å². The third-order valence-corrected chi connectivity index (χ3v) is 5.90. The van der Waals surface area contributed by atoms with Gasteiger partial charge in [-0.15, -0.1) is 0 Å². The Morgan fingerprint density at radius 1 is 1.00 bits per heavy atom. The molecule has 0 aliphatic heterocycles. The molecule has 33 heavy (non-hydrogen) atoms. The fourth-order valence-electron chi connectivity index (χ4n) is 3.82. The lowest BCUT2D eigenvalue weighted by Gasteiger charge is -2.12. The van der Waals surface area contributed by atoms with Crippen molar-refractivity contribution in [1.82, 2.24) is 14.9 Å². The first-order valence-electron chi connectivity index (χ1n) is 10.8. The van der Waals surface area contributed by atoms with Crippen LogP contribution in [0.25, 0.3) is 11.0 Å². The number of hydrogen-bond acceptors (Lipinski definition) is 4. The standard InChI is InChI=1S/C26H26ClN3O3/c1-32-23-14-13-18(16-24(23)33-2)26(31)28-15-7-12-25-29-21-10-5-6-11-22(21)30(25)17-19-8-3-4-9-20(19)27/h3-6,8-11,13-14,16H,7,12,15,17H2,1-2H3,(H,28,31). The predicted octanol–water partition coefficient (Wildman–Crippen LogP) is 5.12. The first kappa shape index (κ1) is 22.7. The quantitative estimate of drug-likeness (QED) is 0.350. The molecule has 0 aliphatic rings. The van der Waals surface area contributed by atoms with E-state index in [0.717, 1.165) is 40.3 Å². The van der Waals surface area contributed by atoms with Gasteiger partial charge in [-0.25, -0.2) is 4.98 Å². The summed E-state index contributed by atoms with van der Waals surface area (Å²) >= 11 is 6.41. The molecule has 6 nitrogen and oxygen atoms in total. The lowest BCUT2D eigenvalue weighted by atomic mass is 10.2. The van der Waals surface area contributed by atoms with Crippen LogP contribution in [0.15, 0.2) is 66.7 Å². The fourth-order valence-corrected chi connectivity index (χ4v) is 4.01. The SMILES string of the molecule is COc1ccc(C(=O)NCCCc2nc3ccccc3n2Cc2ccccc2Cl)cc1OC. The summed E-state index contributed by atoms with van der Waals surface area (Å²) in [5.74, 6) is 1.93. The van der Waals surface area contributed by atoms with Gasteiger partial charge in [0.2, 0.25) is 0 Å². The van der Waals surface area contributed by atoms with E-state index in [9.17, 15) is 4.79 Å². The molecular formula is C26H26ClN3O3. The number of ether oxygens (including phenoxy) is 2. The number of imidazole rings is 1. The molecule has 0 aliphatic carbocycles. The van der Waals surface area contributed by atoms with E-state index >= 15 is 0 Å². The molecule has 1 amide bonds. The van der Waals surface area contributed by atoms with Crippen LogP contribution < -0.4 is 14.8 Å². The number of benzene rings is 3. The van der Waals surface area contributed by atoms with Gasteiger partial charge in [0.25, 0.3) is 5.91 Å². The van der Waals surface area contributed by atoms with Crippen LogP contribution in [0, 0.1) is 0 Å². The summed E-state index contributed by atoms with van der Waals surface area (Å²) in [5.41, 5.74) is 3.60. The van der Waals surface area contributed by atoms with Crippen molar-refractivity contribution in [1.29, 1.82) is 0 Å². The molecule has 1 aromatic heterocycles. The molecule has 4 rings (SSSR count). The van der Waals surface area contributed by atoms with E-state index in [0.29, 0.717) is 30.2 Å². The maximum absolute atomic E-state index is 12.6. The first-order valence-corrected chi connectivity index (χ1v) is 11.2. The van der Waals surface area contributed by atoms with Crippen LogP contribution in [0.1, 0.15) is 28.2 Å². The van der Waals surface area contributed by atoms with Crippen molar-refractivity contribution in [2.45, 2.75) is 19.4 Å². The van der Waals surface area contributed by atoms with Crippen LogP contribution in [0.2, 0.25) is 5.02 Å². The van der Waals surface area contributed by atoms with Gasteiger partial charge in [-0.3, -0.25) is 4.79 Å². The summed E-state index contributed by atoms with van der Waals surface area (Å²) in [6.07, 6.45) is 1.48. The zero-order chi connectivity index (χ0) is 23.2. The van der Waals surface area contributed by atoms with E-state index in [-0.39, 0.29) is 5.91 Å². The fraction of sp³-hybridized carbons (Fsp3) is 0.231. The molecule has 170 valence electrons. The Morgan fingerprint density at radius 2 is 1.76 bits per heavy atom. The Balaban J connectivity index is 1.43. The summed E-state index contributed by atoms with van der Waals surface area (Å²) in [5, 5.41) is 3.72. The molecule has 1 heterocycles. The molecule has 0 saturated carbocycles. The highest BCUT2D eigenvalue weighted by atomic mass is 35.5. The Bertz CT molecular complexity index is 1270. The molecule has 3 aromatic carbocycles. The summed E-state index contributed by atoms with van der Waals surface area (Å²) in [6, 6.07) is 21.1. The number of hydrogen-bond donors (Lipinski definition) is 1. The minimum Gasteiger partial charge on any atom is -0.493 e. The second-order valence-corrected chi connectivity index (χ2v) is 8.03. The maximum Gasteiger partial charge on any atom is 0.251 e. The summed E-state index contributed by atoms with van der Waals surface area (Å²) in [4.78, 5) is 17.4. The van der Waals surface area contributed by atoms with Crippen LogP contribution in [0.5, 0.6) is 11.5 Å². The Hall–Kier alpha value is -3.51. The highest BCUT2D eigenvalue weighted by molar-refractivity contribution is 6.31. The van der Waals surface area contributed by atoms with Crippen molar-refractivity contribution in [3.63, 3.8) is 0 Å². The minimum atomic E-state index is -0.152. The van der Waals surface area contributed by atoms with Crippen molar-refractivity contribution in [2.75, 3.05) is 20.8 Å². The predicted molar refractivity (Wildman–Crippen MR) is 130 cm³/mol. The molecule has 4 aromatic rings. The number of para-hydroxylation sites is 2. The number of carbonyl (C=O) groups excluding carboxylic acids is 1. The molecule has 0 saturated heterocycles. The van der Waals surface area contributed by atoms with Crippen molar-refractivity contribution in [3.05, 3.63) is 88.7 Å². The second kappa shape index (κ2) is 10.4. The number of fused-ring (bicyclic) bond motifs is 1. The van der Waals surface area contributed by atoms with Crippen LogP contribution >= 0.6 is 11.6 Å². The number of methoxy groups -OCH3 is 2. The lowest BCUT2D eigenvalue weighted by molar-refractivity contribution is 0.0952. The molecule has 0 radical (unpaired) electrons. The molecule has 1 N–H and O–H groups in total. The highest BCUT2D eigenvalue weighted by Gasteiger charge is 2.13. The molecule has 0 fully saturated rings. The van der Waals surface area contributed by atoms with Gasteiger partial charge < -0.3 is 19.4 Å². The minimum absolute atomic E-state index is 0.152. The molecule has 0 atom stereocenters. The van der Waals surface area contributed by atoms with Gasteiger partial charge in [0.15, 0.2) is 11.5 Å². The van der Waals surface area contributed by atoms with Gasteiger partial charge in [0, 0.05) is 23.6 Å². The third kappa shape index (κ3) is 5.12. The van der Waals surface area contributed by atoms with Crippen LogP contribution in [-0.4, -0.2) is 36.2 Å². The van der Waals surface area contributed by atoms with E-state index in [4.69, 9.17) is 26.1 Å². The molecule has 0 unspecified atom stereocenters. The highest BCUT2D eigenvalue weighted by Crippen LogP contribution is 2.27. The van der Waals surface area contributed by atoms with Gasteiger partial charge in [0.05, 0.1) is 31.8 Å². The van der Waals surface area contributed by atoms with E-state index in [1.165, 1.54) is 0 Å². The van der Waals surface area contributed by atoms with Gasteiger partial charge in [-0.2, -0.15) is 0 Å². The monoisotopic (exact) mass is 463 g/mol. The number of aryl methyl sites for hydroxylation is 1. The molecule has 7 heteroatoms. The average molecular weight is 464 g/mol. The Morgan fingerprint density at radius 3 is 2.55 bits per heavy atom. The van der Waals surface area contributed by atoms with Crippen molar-refractivity contribution < 1.29 is 14.3 Å². The summed E-state index contributed by atoms with van der Waals surface area (Å²) < 4.78 is 12.7. The van der Waals surface area contributed by atoms with Gasteiger partial charge in [-0.1, -0.05) is 41.9 Å². The van der Waals surface area contributed by atoms with Crippen molar-refractivity contribution in [2.24, 2.45) is 0 Å².